The Morgan fingerprint density at radius 3 is 2.18 bits per heavy atom. The van der Waals surface area contributed by atoms with E-state index in [2.05, 4.69) is 33.0 Å². The second-order valence-electron chi connectivity index (χ2n) is 9.86. The molecule has 1 amide bonds. The minimum Gasteiger partial charge on any atom is -0.444 e. The first-order chi connectivity index (χ1) is 12.8. The predicted octanol–water partition coefficient (Wildman–Crippen LogP) is 4.20. The monoisotopic (exact) mass is 392 g/mol. The molecule has 0 bridgehead atoms. The summed E-state index contributed by atoms with van der Waals surface area (Å²) in [7, 11) is 0. The first kappa shape index (κ1) is 22.7. The fourth-order valence-corrected chi connectivity index (χ4v) is 4.12. The number of benzene rings is 1. The maximum absolute atomic E-state index is 12.2. The number of aliphatic hydroxyl groups is 1. The molecular weight excluding hydrogens is 356 g/mol. The summed E-state index contributed by atoms with van der Waals surface area (Å²) in [5, 5.41) is 14.9. The van der Waals surface area contributed by atoms with Crippen molar-refractivity contribution < 1.29 is 19.5 Å². The largest absolute Gasteiger partial charge is 0.444 e. The van der Waals surface area contributed by atoms with Crippen LogP contribution < -0.4 is 5.32 Å². The third kappa shape index (κ3) is 5.93. The van der Waals surface area contributed by atoms with Crippen LogP contribution in [0.3, 0.4) is 0 Å². The molecule has 1 aromatic carbocycles. The van der Waals surface area contributed by atoms with Crippen LogP contribution in [-0.4, -0.2) is 45.6 Å². The molecule has 158 valence electrons. The Kier molecular flexibility index (Phi) is 6.79. The van der Waals surface area contributed by atoms with Gasteiger partial charge in [0.15, 0.2) is 0 Å². The maximum Gasteiger partial charge on any atom is 0.407 e. The van der Waals surface area contributed by atoms with Crippen molar-refractivity contribution in [2.75, 3.05) is 6.61 Å². The minimum absolute atomic E-state index is 0.0241. The third-order valence-corrected chi connectivity index (χ3v) is 4.88. The van der Waals surface area contributed by atoms with E-state index in [1.165, 1.54) is 0 Å². The van der Waals surface area contributed by atoms with Gasteiger partial charge in [-0.15, -0.1) is 0 Å². The molecule has 28 heavy (non-hydrogen) atoms. The topological polar surface area (TPSA) is 71.0 Å². The highest BCUT2D eigenvalue weighted by Gasteiger charge is 2.48. The number of carbonyl (C=O) groups excluding carboxylic acids is 1. The number of carbonyl (C=O) groups is 1. The molecule has 0 saturated carbocycles. The normalized spacial score (nSPS) is 21.1. The molecule has 6 heteroatoms. The van der Waals surface area contributed by atoms with E-state index in [1.54, 1.807) is 0 Å². The first-order valence-electron chi connectivity index (χ1n) is 9.96. The quantitative estimate of drug-likeness (QED) is 0.786. The van der Waals surface area contributed by atoms with E-state index in [4.69, 9.17) is 9.57 Å². The van der Waals surface area contributed by atoms with Gasteiger partial charge in [-0.3, -0.25) is 4.84 Å². The van der Waals surface area contributed by atoms with Crippen LogP contribution in [0.5, 0.6) is 0 Å². The standard InChI is InChI=1S/C22H36N2O4/c1-20(2,3)27-19(26)23-17-13-21(4,5)24(22(6,7)14-17)28-18(15-25)16-11-9-8-10-12-16/h8-12,17-18,25H,13-15H2,1-7H3,(H,23,26). The molecule has 1 aliphatic rings. The Morgan fingerprint density at radius 2 is 1.71 bits per heavy atom. The van der Waals surface area contributed by atoms with Crippen molar-refractivity contribution in [3.05, 3.63) is 35.9 Å². The van der Waals surface area contributed by atoms with Gasteiger partial charge in [-0.05, 0) is 66.9 Å². The molecule has 1 aliphatic heterocycles. The molecule has 1 saturated heterocycles. The highest BCUT2D eigenvalue weighted by atomic mass is 16.7. The summed E-state index contributed by atoms with van der Waals surface area (Å²) in [5.41, 5.74) is -0.276. The van der Waals surface area contributed by atoms with Gasteiger partial charge >= 0.3 is 6.09 Å². The lowest BCUT2D eigenvalue weighted by Crippen LogP contribution is -2.64. The minimum atomic E-state index is -0.525. The number of rotatable bonds is 5. The van der Waals surface area contributed by atoms with Gasteiger partial charge in [0.25, 0.3) is 0 Å². The molecule has 0 spiro atoms. The zero-order chi connectivity index (χ0) is 21.2. The molecule has 2 N–H and O–H groups in total. The maximum atomic E-state index is 12.2. The Hall–Kier alpha value is -1.63. The number of nitrogens with one attached hydrogen (secondary N) is 1. The fraction of sp³-hybridized carbons (Fsp3) is 0.682. The van der Waals surface area contributed by atoms with E-state index in [0.717, 1.165) is 5.56 Å². The van der Waals surface area contributed by atoms with Gasteiger partial charge < -0.3 is 15.2 Å². The number of hydroxylamine groups is 2. The predicted molar refractivity (Wildman–Crippen MR) is 110 cm³/mol. The average molecular weight is 393 g/mol. The van der Waals surface area contributed by atoms with Crippen molar-refractivity contribution in [3.63, 3.8) is 0 Å². The summed E-state index contributed by atoms with van der Waals surface area (Å²) < 4.78 is 5.42. The second kappa shape index (κ2) is 8.39. The lowest BCUT2D eigenvalue weighted by atomic mass is 9.79. The van der Waals surface area contributed by atoms with Crippen LogP contribution in [0.4, 0.5) is 4.79 Å². The van der Waals surface area contributed by atoms with E-state index in [0.29, 0.717) is 12.8 Å². The van der Waals surface area contributed by atoms with E-state index < -0.39 is 17.8 Å². The molecule has 1 heterocycles. The fourth-order valence-electron chi connectivity index (χ4n) is 4.12. The number of aliphatic hydroxyl groups excluding tert-OH is 1. The smallest absolute Gasteiger partial charge is 0.407 e. The van der Waals surface area contributed by atoms with Crippen molar-refractivity contribution in [1.82, 2.24) is 10.4 Å². The Labute approximate surface area is 169 Å². The molecule has 0 aliphatic carbocycles. The molecule has 6 nitrogen and oxygen atoms in total. The number of ether oxygens (including phenoxy) is 1. The number of piperidine rings is 1. The Bertz CT molecular complexity index is 634. The van der Waals surface area contributed by atoms with E-state index >= 15 is 0 Å². The van der Waals surface area contributed by atoms with Crippen LogP contribution in [-0.2, 0) is 9.57 Å². The summed E-state index contributed by atoms with van der Waals surface area (Å²) >= 11 is 0. The zero-order valence-electron chi connectivity index (χ0n) is 18.3. The number of hydrogen-bond donors (Lipinski definition) is 2. The molecule has 1 fully saturated rings. The van der Waals surface area contributed by atoms with Gasteiger partial charge in [-0.1, -0.05) is 30.3 Å². The average Bonchev–Trinajstić information content (AvgIpc) is 2.52. The molecule has 1 atom stereocenters. The van der Waals surface area contributed by atoms with E-state index in [-0.39, 0.29) is 23.7 Å². The van der Waals surface area contributed by atoms with Crippen LogP contribution in [0.1, 0.15) is 73.0 Å². The molecule has 0 radical (unpaired) electrons. The molecule has 2 rings (SSSR count). The van der Waals surface area contributed by atoms with E-state index in [9.17, 15) is 9.90 Å². The van der Waals surface area contributed by atoms with Crippen molar-refractivity contribution in [1.29, 1.82) is 0 Å². The third-order valence-electron chi connectivity index (χ3n) is 4.88. The highest BCUT2D eigenvalue weighted by molar-refractivity contribution is 5.68. The number of amides is 1. The molecule has 0 aromatic heterocycles. The number of hydrogen-bond acceptors (Lipinski definition) is 5. The zero-order valence-corrected chi connectivity index (χ0v) is 18.3. The van der Waals surface area contributed by atoms with Gasteiger partial charge in [0.05, 0.1) is 6.61 Å². The van der Waals surface area contributed by atoms with Crippen molar-refractivity contribution in [3.8, 4) is 0 Å². The van der Waals surface area contributed by atoms with Gasteiger partial charge in [-0.25, -0.2) is 4.79 Å². The van der Waals surface area contributed by atoms with Crippen LogP contribution in [0.2, 0.25) is 0 Å². The van der Waals surface area contributed by atoms with Gasteiger partial charge in [-0.2, -0.15) is 5.06 Å². The van der Waals surface area contributed by atoms with Crippen LogP contribution in [0.25, 0.3) is 0 Å². The Balaban J connectivity index is 2.12. The summed E-state index contributed by atoms with van der Waals surface area (Å²) in [6, 6.07) is 9.71. The summed E-state index contributed by atoms with van der Waals surface area (Å²) in [4.78, 5) is 18.6. The van der Waals surface area contributed by atoms with Gasteiger partial charge in [0, 0.05) is 17.1 Å². The van der Waals surface area contributed by atoms with Gasteiger partial charge in [0.2, 0.25) is 0 Å². The van der Waals surface area contributed by atoms with Gasteiger partial charge in [0.1, 0.15) is 11.7 Å². The summed E-state index contributed by atoms with van der Waals surface area (Å²) in [6.07, 6.45) is 0.594. The number of alkyl carbamates (subject to hydrolysis) is 1. The van der Waals surface area contributed by atoms with Crippen molar-refractivity contribution >= 4 is 6.09 Å². The summed E-state index contributed by atoms with van der Waals surface area (Å²) in [6.45, 7) is 13.8. The molecule has 1 aromatic rings. The highest BCUT2D eigenvalue weighted by Crippen LogP contribution is 2.40. The first-order valence-corrected chi connectivity index (χ1v) is 9.96. The second-order valence-corrected chi connectivity index (χ2v) is 9.86. The number of nitrogens with zero attached hydrogens (tertiary/aromatic N) is 1. The van der Waals surface area contributed by atoms with Crippen molar-refractivity contribution in [2.45, 2.75) is 90.1 Å². The SMILES string of the molecule is CC(C)(C)OC(=O)NC1CC(C)(C)N(OC(CO)c2ccccc2)C(C)(C)C1. The molecular formula is C22H36N2O4. The summed E-state index contributed by atoms with van der Waals surface area (Å²) in [5.74, 6) is 0. The van der Waals surface area contributed by atoms with Crippen LogP contribution in [0.15, 0.2) is 30.3 Å². The lowest BCUT2D eigenvalue weighted by Gasteiger charge is -2.54. The lowest BCUT2D eigenvalue weighted by molar-refractivity contribution is -0.313. The van der Waals surface area contributed by atoms with Crippen LogP contribution >= 0.6 is 0 Å². The van der Waals surface area contributed by atoms with Crippen LogP contribution in [0, 0.1) is 0 Å². The molecule has 1 unspecified atom stereocenters. The Morgan fingerprint density at radius 1 is 1.18 bits per heavy atom. The van der Waals surface area contributed by atoms with Crippen molar-refractivity contribution in [2.24, 2.45) is 0 Å². The van der Waals surface area contributed by atoms with E-state index in [1.807, 2.05) is 56.2 Å².